The highest BCUT2D eigenvalue weighted by atomic mass is 15.1. The van der Waals surface area contributed by atoms with Gasteiger partial charge in [0, 0.05) is 19.1 Å². The summed E-state index contributed by atoms with van der Waals surface area (Å²) < 4.78 is 0. The van der Waals surface area contributed by atoms with Crippen molar-refractivity contribution >= 4 is 0 Å². The van der Waals surface area contributed by atoms with Crippen molar-refractivity contribution in [1.82, 2.24) is 10.2 Å². The van der Waals surface area contributed by atoms with Crippen LogP contribution in [0.4, 0.5) is 0 Å². The molecule has 0 unspecified atom stereocenters. The molecule has 21 heavy (non-hydrogen) atoms. The molecule has 2 fully saturated rings. The molecular weight excluding hydrogens is 256 g/mol. The van der Waals surface area contributed by atoms with Crippen LogP contribution in [0.2, 0.25) is 0 Å². The molecule has 0 amide bonds. The molecule has 0 atom stereocenters. The van der Waals surface area contributed by atoms with Gasteiger partial charge in [-0.25, -0.2) is 0 Å². The van der Waals surface area contributed by atoms with Gasteiger partial charge in [-0.15, -0.1) is 0 Å². The van der Waals surface area contributed by atoms with Crippen LogP contribution < -0.4 is 5.32 Å². The molecule has 1 aliphatic carbocycles. The number of rotatable bonds is 9. The highest BCUT2D eigenvalue weighted by molar-refractivity contribution is 4.91. The van der Waals surface area contributed by atoms with Crippen molar-refractivity contribution in [1.29, 1.82) is 0 Å². The van der Waals surface area contributed by atoms with Crippen LogP contribution in [0.3, 0.4) is 0 Å². The summed E-state index contributed by atoms with van der Waals surface area (Å²) in [7, 11) is 0. The zero-order valence-corrected chi connectivity index (χ0v) is 15.0. The lowest BCUT2D eigenvalue weighted by atomic mass is 9.73. The molecule has 2 rings (SSSR count). The third-order valence-corrected chi connectivity index (χ3v) is 6.82. The third-order valence-electron chi connectivity index (χ3n) is 6.82. The summed E-state index contributed by atoms with van der Waals surface area (Å²) in [6, 6.07) is 0.844. The largest absolute Gasteiger partial charge is 0.313 e. The first-order chi connectivity index (χ1) is 10.1. The topological polar surface area (TPSA) is 15.3 Å². The maximum atomic E-state index is 3.80. The highest BCUT2D eigenvalue weighted by Crippen LogP contribution is 2.39. The first kappa shape index (κ1) is 17.3. The van der Waals surface area contributed by atoms with E-state index in [-0.39, 0.29) is 0 Å². The Labute approximate surface area is 133 Å². The van der Waals surface area contributed by atoms with E-state index in [1.165, 1.54) is 77.5 Å². The molecule has 1 aliphatic heterocycles. The SMILES string of the molecule is CCC1(CC)CCN(CC(CC)(CC)CNC2CC2)CC1. The summed E-state index contributed by atoms with van der Waals surface area (Å²) in [6.07, 6.45) is 11.0. The summed E-state index contributed by atoms with van der Waals surface area (Å²) in [4.78, 5) is 2.77. The molecule has 1 saturated heterocycles. The van der Waals surface area contributed by atoms with Gasteiger partial charge in [-0.2, -0.15) is 0 Å². The summed E-state index contributed by atoms with van der Waals surface area (Å²) in [5.74, 6) is 0. The van der Waals surface area contributed by atoms with E-state index in [1.807, 2.05) is 0 Å². The molecule has 0 aromatic rings. The van der Waals surface area contributed by atoms with Gasteiger partial charge in [-0.1, -0.05) is 40.5 Å². The van der Waals surface area contributed by atoms with Crippen LogP contribution in [-0.4, -0.2) is 37.1 Å². The van der Waals surface area contributed by atoms with Gasteiger partial charge in [0.25, 0.3) is 0 Å². The first-order valence-electron chi connectivity index (χ1n) is 9.56. The van der Waals surface area contributed by atoms with Crippen molar-refractivity contribution in [3.8, 4) is 0 Å². The molecule has 2 heteroatoms. The Balaban J connectivity index is 1.85. The second-order valence-corrected chi connectivity index (χ2v) is 7.85. The molecule has 1 heterocycles. The van der Waals surface area contributed by atoms with Crippen molar-refractivity contribution in [3.05, 3.63) is 0 Å². The third kappa shape index (κ3) is 4.45. The van der Waals surface area contributed by atoms with Crippen LogP contribution in [0.1, 0.15) is 79.1 Å². The smallest absolute Gasteiger partial charge is 0.00684 e. The maximum absolute atomic E-state index is 3.80. The number of nitrogens with zero attached hydrogens (tertiary/aromatic N) is 1. The zero-order chi connectivity index (χ0) is 15.3. The van der Waals surface area contributed by atoms with E-state index >= 15 is 0 Å². The molecule has 0 spiro atoms. The van der Waals surface area contributed by atoms with E-state index in [0.717, 1.165) is 6.04 Å². The van der Waals surface area contributed by atoms with E-state index in [9.17, 15) is 0 Å². The lowest BCUT2D eigenvalue weighted by Gasteiger charge is -2.45. The molecule has 0 aromatic carbocycles. The normalized spacial score (nSPS) is 23.4. The predicted molar refractivity (Wildman–Crippen MR) is 92.7 cm³/mol. The minimum Gasteiger partial charge on any atom is -0.313 e. The van der Waals surface area contributed by atoms with Crippen LogP contribution in [0.25, 0.3) is 0 Å². The van der Waals surface area contributed by atoms with Gasteiger partial charge in [0.1, 0.15) is 0 Å². The standard InChI is InChI=1S/C19H38N2/c1-5-18(6-2)11-13-21(14-12-18)16-19(7-3,8-4)15-20-17-9-10-17/h17,20H,5-16H2,1-4H3. The van der Waals surface area contributed by atoms with E-state index in [1.54, 1.807) is 0 Å². The Morgan fingerprint density at radius 2 is 1.57 bits per heavy atom. The molecule has 124 valence electrons. The Hall–Kier alpha value is -0.0800. The van der Waals surface area contributed by atoms with Crippen LogP contribution in [0.5, 0.6) is 0 Å². The van der Waals surface area contributed by atoms with Crippen LogP contribution in [-0.2, 0) is 0 Å². The number of hydrogen-bond acceptors (Lipinski definition) is 2. The second kappa shape index (κ2) is 7.46. The molecule has 2 nitrogen and oxygen atoms in total. The molecule has 0 bridgehead atoms. The fourth-order valence-electron chi connectivity index (χ4n) is 4.04. The average Bonchev–Trinajstić information content (AvgIpc) is 3.37. The Morgan fingerprint density at radius 1 is 1.00 bits per heavy atom. The fraction of sp³-hybridized carbons (Fsp3) is 1.00. The molecular formula is C19H38N2. The minimum atomic E-state index is 0.501. The van der Waals surface area contributed by atoms with Crippen molar-refractivity contribution in [3.63, 3.8) is 0 Å². The van der Waals surface area contributed by atoms with E-state index in [2.05, 4.69) is 37.9 Å². The number of hydrogen-bond donors (Lipinski definition) is 1. The molecule has 1 saturated carbocycles. The Morgan fingerprint density at radius 3 is 2.00 bits per heavy atom. The van der Waals surface area contributed by atoms with Crippen molar-refractivity contribution in [2.75, 3.05) is 26.2 Å². The first-order valence-corrected chi connectivity index (χ1v) is 9.56. The lowest BCUT2D eigenvalue weighted by Crippen LogP contribution is -2.48. The van der Waals surface area contributed by atoms with Crippen molar-refractivity contribution in [2.45, 2.75) is 85.1 Å². The minimum absolute atomic E-state index is 0.501. The molecule has 0 aromatic heterocycles. The predicted octanol–water partition coefficient (Wildman–Crippen LogP) is 4.45. The van der Waals surface area contributed by atoms with Crippen LogP contribution >= 0.6 is 0 Å². The lowest BCUT2D eigenvalue weighted by molar-refractivity contribution is 0.0555. The van der Waals surface area contributed by atoms with Gasteiger partial charge in [0.2, 0.25) is 0 Å². The van der Waals surface area contributed by atoms with Crippen LogP contribution in [0, 0.1) is 10.8 Å². The van der Waals surface area contributed by atoms with Crippen LogP contribution in [0.15, 0.2) is 0 Å². The summed E-state index contributed by atoms with van der Waals surface area (Å²) in [6.45, 7) is 14.8. The Kier molecular flexibility index (Phi) is 6.14. The highest BCUT2D eigenvalue weighted by Gasteiger charge is 2.36. The van der Waals surface area contributed by atoms with Gasteiger partial charge in [-0.05, 0) is 62.4 Å². The summed E-state index contributed by atoms with van der Waals surface area (Å²) in [5.41, 5.74) is 1.16. The van der Waals surface area contributed by atoms with E-state index in [0.29, 0.717) is 10.8 Å². The molecule has 1 N–H and O–H groups in total. The quantitative estimate of drug-likeness (QED) is 0.676. The van der Waals surface area contributed by atoms with Gasteiger partial charge in [0.15, 0.2) is 0 Å². The second-order valence-electron chi connectivity index (χ2n) is 7.85. The molecule has 0 radical (unpaired) electrons. The summed E-state index contributed by atoms with van der Waals surface area (Å²) in [5, 5.41) is 3.80. The number of likely N-dealkylation sites (tertiary alicyclic amines) is 1. The summed E-state index contributed by atoms with van der Waals surface area (Å²) >= 11 is 0. The fourth-order valence-corrected chi connectivity index (χ4v) is 4.04. The van der Waals surface area contributed by atoms with Gasteiger partial charge >= 0.3 is 0 Å². The number of piperidine rings is 1. The molecule has 2 aliphatic rings. The van der Waals surface area contributed by atoms with Gasteiger partial charge in [-0.3, -0.25) is 0 Å². The maximum Gasteiger partial charge on any atom is 0.00684 e. The zero-order valence-electron chi connectivity index (χ0n) is 15.0. The van der Waals surface area contributed by atoms with E-state index in [4.69, 9.17) is 0 Å². The van der Waals surface area contributed by atoms with Crippen molar-refractivity contribution < 1.29 is 0 Å². The Bertz CT molecular complexity index is 291. The number of nitrogens with one attached hydrogen (secondary N) is 1. The van der Waals surface area contributed by atoms with Crippen molar-refractivity contribution in [2.24, 2.45) is 10.8 Å². The monoisotopic (exact) mass is 294 g/mol. The van der Waals surface area contributed by atoms with E-state index < -0.39 is 0 Å². The van der Waals surface area contributed by atoms with Gasteiger partial charge < -0.3 is 10.2 Å². The average molecular weight is 295 g/mol. The van der Waals surface area contributed by atoms with Gasteiger partial charge in [0.05, 0.1) is 0 Å².